The molecule has 0 aliphatic heterocycles. The Morgan fingerprint density at radius 1 is 0.346 bits per heavy atom. The predicted octanol–water partition coefficient (Wildman–Crippen LogP) is 23.1. The molecule has 0 radical (unpaired) electrons. The van der Waals surface area contributed by atoms with Crippen LogP contribution in [-0.4, -0.2) is 47.4 Å². The number of amides is 1. The standard InChI is InChI=1S/C72H141NO5/c1-3-5-7-9-11-13-15-17-19-21-23-24-25-29-32-36-40-44-48-52-56-60-64-70(75)69(68-74)73-71(76)65-61-57-53-49-45-41-37-33-30-26-27-31-35-39-43-47-51-55-59-63-67-78-72(77)66-62-58-54-50-46-42-38-34-28-22-20-18-16-14-12-10-8-6-4-2/h18,20,69-70,74-75H,3-17,19,21-68H2,1-2H3,(H,73,76)/b20-18-. The SMILES string of the molecule is CCCCCCCC/C=C\CCCCCCCCCCCC(=O)OCCCCCCCCCCCCCCCCCCCCCCC(=O)NC(CO)C(O)CCCCCCCCCCCCCCCCCCCCCCCC. The predicted molar refractivity (Wildman–Crippen MR) is 343 cm³/mol. The van der Waals surface area contributed by atoms with E-state index in [1.54, 1.807) is 0 Å². The van der Waals surface area contributed by atoms with Crippen molar-refractivity contribution in [3.8, 4) is 0 Å². The zero-order chi connectivity index (χ0) is 56.4. The maximum absolute atomic E-state index is 12.6. The summed E-state index contributed by atoms with van der Waals surface area (Å²) >= 11 is 0. The lowest BCUT2D eigenvalue weighted by Crippen LogP contribution is -2.45. The normalized spacial score (nSPS) is 12.5. The third kappa shape index (κ3) is 63.8. The summed E-state index contributed by atoms with van der Waals surface area (Å²) in [6, 6.07) is -0.544. The Morgan fingerprint density at radius 2 is 0.603 bits per heavy atom. The molecule has 0 aromatic carbocycles. The number of hydrogen-bond acceptors (Lipinski definition) is 5. The highest BCUT2D eigenvalue weighted by Gasteiger charge is 2.20. The van der Waals surface area contributed by atoms with Gasteiger partial charge in [0.05, 0.1) is 25.4 Å². The van der Waals surface area contributed by atoms with Gasteiger partial charge in [0.15, 0.2) is 0 Å². The van der Waals surface area contributed by atoms with Crippen LogP contribution in [0, 0.1) is 0 Å². The molecule has 0 spiro atoms. The van der Waals surface area contributed by atoms with E-state index in [-0.39, 0.29) is 18.5 Å². The Labute approximate surface area is 489 Å². The summed E-state index contributed by atoms with van der Waals surface area (Å²) in [6.07, 6.45) is 84.0. The highest BCUT2D eigenvalue weighted by atomic mass is 16.5. The van der Waals surface area contributed by atoms with Crippen molar-refractivity contribution >= 4 is 11.9 Å². The van der Waals surface area contributed by atoms with Gasteiger partial charge in [-0.25, -0.2) is 0 Å². The first-order valence-corrected chi connectivity index (χ1v) is 35.9. The smallest absolute Gasteiger partial charge is 0.305 e. The van der Waals surface area contributed by atoms with Gasteiger partial charge in [0.1, 0.15) is 0 Å². The monoisotopic (exact) mass is 1100 g/mol. The van der Waals surface area contributed by atoms with E-state index in [9.17, 15) is 19.8 Å². The molecular weight excluding hydrogens is 959 g/mol. The molecule has 78 heavy (non-hydrogen) atoms. The lowest BCUT2D eigenvalue weighted by atomic mass is 10.0. The van der Waals surface area contributed by atoms with E-state index in [0.29, 0.717) is 25.9 Å². The zero-order valence-corrected chi connectivity index (χ0v) is 53.2. The molecule has 0 saturated carbocycles. The molecule has 2 atom stereocenters. The second-order valence-electron chi connectivity index (χ2n) is 24.9. The molecule has 0 aromatic heterocycles. The summed E-state index contributed by atoms with van der Waals surface area (Å²) in [4.78, 5) is 24.7. The van der Waals surface area contributed by atoms with Gasteiger partial charge in [-0.3, -0.25) is 9.59 Å². The van der Waals surface area contributed by atoms with Gasteiger partial charge in [0, 0.05) is 12.8 Å². The molecule has 0 heterocycles. The fraction of sp³-hybridized carbons (Fsp3) is 0.944. The van der Waals surface area contributed by atoms with Crippen molar-refractivity contribution in [1.29, 1.82) is 0 Å². The van der Waals surface area contributed by atoms with Crippen LogP contribution >= 0.6 is 0 Å². The molecule has 2 unspecified atom stereocenters. The third-order valence-corrected chi connectivity index (χ3v) is 17.1. The van der Waals surface area contributed by atoms with Gasteiger partial charge in [-0.05, 0) is 51.4 Å². The molecule has 0 aliphatic rings. The number of aliphatic hydroxyl groups is 2. The Hall–Kier alpha value is -1.40. The van der Waals surface area contributed by atoms with E-state index < -0.39 is 12.1 Å². The van der Waals surface area contributed by atoms with Crippen LogP contribution in [0.4, 0.5) is 0 Å². The van der Waals surface area contributed by atoms with E-state index in [1.807, 2.05) is 0 Å². The van der Waals surface area contributed by atoms with Gasteiger partial charge in [0.25, 0.3) is 0 Å². The first-order valence-electron chi connectivity index (χ1n) is 35.9. The second-order valence-corrected chi connectivity index (χ2v) is 24.9. The van der Waals surface area contributed by atoms with E-state index in [2.05, 4.69) is 31.3 Å². The first-order chi connectivity index (χ1) is 38.5. The Balaban J connectivity index is 3.37. The van der Waals surface area contributed by atoms with Crippen molar-refractivity contribution in [3.63, 3.8) is 0 Å². The molecule has 0 saturated heterocycles. The van der Waals surface area contributed by atoms with Crippen molar-refractivity contribution in [2.75, 3.05) is 13.2 Å². The summed E-state index contributed by atoms with van der Waals surface area (Å²) in [5.74, 6) is -0.0199. The average molecular weight is 1100 g/mol. The van der Waals surface area contributed by atoms with Crippen LogP contribution in [0.15, 0.2) is 12.2 Å². The number of aliphatic hydroxyl groups excluding tert-OH is 2. The molecule has 0 aliphatic carbocycles. The molecule has 1 amide bonds. The van der Waals surface area contributed by atoms with E-state index in [0.717, 1.165) is 44.9 Å². The number of nitrogens with one attached hydrogen (secondary N) is 1. The largest absolute Gasteiger partial charge is 0.466 e. The fourth-order valence-corrected chi connectivity index (χ4v) is 11.6. The minimum atomic E-state index is -0.666. The maximum atomic E-state index is 12.6. The first kappa shape index (κ1) is 76.6. The van der Waals surface area contributed by atoms with Gasteiger partial charge in [-0.1, -0.05) is 360 Å². The van der Waals surface area contributed by atoms with Gasteiger partial charge in [-0.2, -0.15) is 0 Å². The molecule has 6 heteroatoms. The molecule has 464 valence electrons. The van der Waals surface area contributed by atoms with E-state index >= 15 is 0 Å². The number of esters is 1. The van der Waals surface area contributed by atoms with E-state index in [1.165, 1.54) is 334 Å². The topological polar surface area (TPSA) is 95.9 Å². The molecule has 6 nitrogen and oxygen atoms in total. The fourth-order valence-electron chi connectivity index (χ4n) is 11.6. The number of rotatable bonds is 68. The van der Waals surface area contributed by atoms with Crippen molar-refractivity contribution in [2.24, 2.45) is 0 Å². The summed E-state index contributed by atoms with van der Waals surface area (Å²) in [7, 11) is 0. The highest BCUT2D eigenvalue weighted by Crippen LogP contribution is 2.19. The van der Waals surface area contributed by atoms with Crippen LogP contribution in [0.3, 0.4) is 0 Å². The molecule has 0 fully saturated rings. The summed E-state index contributed by atoms with van der Waals surface area (Å²) in [5, 5.41) is 23.4. The molecular formula is C72H141NO5. The summed E-state index contributed by atoms with van der Waals surface area (Å²) in [6.45, 7) is 4.99. The Bertz CT molecular complexity index is 1180. The number of ether oxygens (including phenoxy) is 1. The Kier molecular flexibility index (Phi) is 66.9. The van der Waals surface area contributed by atoms with Crippen LogP contribution in [-0.2, 0) is 14.3 Å². The van der Waals surface area contributed by atoms with Gasteiger partial charge < -0.3 is 20.3 Å². The van der Waals surface area contributed by atoms with Crippen molar-refractivity contribution in [1.82, 2.24) is 5.32 Å². The second kappa shape index (κ2) is 68.1. The van der Waals surface area contributed by atoms with Gasteiger partial charge in [-0.15, -0.1) is 0 Å². The minimum absolute atomic E-state index is 0.0117. The van der Waals surface area contributed by atoms with E-state index in [4.69, 9.17) is 4.74 Å². The average Bonchev–Trinajstić information content (AvgIpc) is 3.44. The highest BCUT2D eigenvalue weighted by molar-refractivity contribution is 5.76. The number of unbranched alkanes of at least 4 members (excludes halogenated alkanes) is 55. The number of carbonyl (C=O) groups excluding carboxylic acids is 2. The van der Waals surface area contributed by atoms with Crippen LogP contribution in [0.2, 0.25) is 0 Å². The zero-order valence-electron chi connectivity index (χ0n) is 53.2. The van der Waals surface area contributed by atoms with Gasteiger partial charge >= 0.3 is 5.97 Å². The van der Waals surface area contributed by atoms with Gasteiger partial charge in [0.2, 0.25) is 5.91 Å². The molecule has 0 rings (SSSR count). The molecule has 3 N–H and O–H groups in total. The maximum Gasteiger partial charge on any atom is 0.305 e. The van der Waals surface area contributed by atoms with Crippen LogP contribution in [0.5, 0.6) is 0 Å². The Morgan fingerprint density at radius 3 is 0.910 bits per heavy atom. The number of hydrogen-bond donors (Lipinski definition) is 3. The lowest BCUT2D eigenvalue weighted by Gasteiger charge is -2.22. The van der Waals surface area contributed by atoms with Crippen LogP contribution < -0.4 is 5.32 Å². The van der Waals surface area contributed by atoms with Crippen molar-refractivity contribution in [2.45, 2.75) is 424 Å². The number of allylic oxidation sites excluding steroid dienone is 2. The minimum Gasteiger partial charge on any atom is -0.466 e. The van der Waals surface area contributed by atoms with Crippen LogP contribution in [0.25, 0.3) is 0 Å². The lowest BCUT2D eigenvalue weighted by molar-refractivity contribution is -0.143. The third-order valence-electron chi connectivity index (χ3n) is 17.1. The van der Waals surface area contributed by atoms with Crippen molar-refractivity contribution < 1.29 is 24.5 Å². The van der Waals surface area contributed by atoms with Crippen LogP contribution in [0.1, 0.15) is 412 Å². The summed E-state index contributed by atoms with van der Waals surface area (Å²) in [5.41, 5.74) is 0. The quantitative estimate of drug-likeness (QED) is 0.0320. The number of carbonyl (C=O) groups is 2. The molecule has 0 aromatic rings. The molecule has 0 bridgehead atoms. The summed E-state index contributed by atoms with van der Waals surface area (Å²) < 4.78 is 5.51. The van der Waals surface area contributed by atoms with Crippen molar-refractivity contribution in [3.05, 3.63) is 12.2 Å².